The molecule has 1 unspecified atom stereocenters. The molecule has 2 rings (SSSR count). The van der Waals surface area contributed by atoms with Crippen molar-refractivity contribution < 1.29 is 9.59 Å². The third-order valence-electron chi connectivity index (χ3n) is 3.17. The average molecular weight is 247 g/mol. The van der Waals surface area contributed by atoms with Crippen LogP contribution in [0.2, 0.25) is 0 Å². The fraction of sp³-hybridized carbons (Fsp3) is 0.462. The van der Waals surface area contributed by atoms with Crippen molar-refractivity contribution in [3.05, 3.63) is 29.6 Å². The van der Waals surface area contributed by atoms with Crippen molar-refractivity contribution in [1.82, 2.24) is 15.6 Å². The first kappa shape index (κ1) is 12.5. The number of amides is 2. The predicted octanol–water partition coefficient (Wildman–Crippen LogP) is 0.532. The molecule has 1 aliphatic rings. The molecule has 5 heteroatoms. The Hall–Kier alpha value is -1.91. The summed E-state index contributed by atoms with van der Waals surface area (Å²) in [6.45, 7) is 2.96. The Bertz CT molecular complexity index is 459. The Balaban J connectivity index is 1.88. The van der Waals surface area contributed by atoms with Crippen LogP contribution in [0, 0.1) is 12.8 Å². The van der Waals surface area contributed by atoms with Crippen LogP contribution >= 0.6 is 0 Å². The zero-order valence-corrected chi connectivity index (χ0v) is 10.4. The van der Waals surface area contributed by atoms with E-state index in [9.17, 15) is 9.59 Å². The molecule has 1 aromatic heterocycles. The number of hydrogen-bond acceptors (Lipinski definition) is 3. The number of nitrogens with zero attached hydrogens (tertiary/aromatic N) is 1. The summed E-state index contributed by atoms with van der Waals surface area (Å²) in [5, 5.41) is 5.57. The summed E-state index contributed by atoms with van der Waals surface area (Å²) in [6, 6.07) is 3.83. The van der Waals surface area contributed by atoms with E-state index in [0.717, 1.165) is 11.3 Å². The molecule has 0 radical (unpaired) electrons. The lowest BCUT2D eigenvalue weighted by atomic mass is 9.96. The molecule has 5 nitrogen and oxygen atoms in total. The van der Waals surface area contributed by atoms with Gasteiger partial charge in [0, 0.05) is 25.1 Å². The van der Waals surface area contributed by atoms with Gasteiger partial charge in [-0.3, -0.25) is 14.6 Å². The molecule has 1 saturated heterocycles. The molecule has 2 heterocycles. The number of aryl methyl sites for hydroxylation is 1. The monoisotopic (exact) mass is 247 g/mol. The van der Waals surface area contributed by atoms with Gasteiger partial charge in [-0.05, 0) is 25.0 Å². The molecule has 1 aromatic rings. The molecule has 2 amide bonds. The van der Waals surface area contributed by atoms with E-state index >= 15 is 0 Å². The standard InChI is InChI=1S/C13H17N3O2/c1-9-3-2-5-14-11(9)8-16-13(18)10-4-6-15-12(17)7-10/h2-3,5,10H,4,6-8H2,1H3,(H,15,17)(H,16,18). The number of carbonyl (C=O) groups is 2. The number of hydrogen-bond donors (Lipinski definition) is 2. The van der Waals surface area contributed by atoms with Gasteiger partial charge in [0.05, 0.1) is 12.2 Å². The van der Waals surface area contributed by atoms with Crippen LogP contribution < -0.4 is 10.6 Å². The van der Waals surface area contributed by atoms with Gasteiger partial charge in [0.15, 0.2) is 0 Å². The third-order valence-corrected chi connectivity index (χ3v) is 3.17. The number of aromatic nitrogens is 1. The van der Waals surface area contributed by atoms with Gasteiger partial charge in [-0.15, -0.1) is 0 Å². The number of carbonyl (C=O) groups excluding carboxylic acids is 2. The molecular formula is C13H17N3O2. The van der Waals surface area contributed by atoms with Crippen LogP contribution in [0.25, 0.3) is 0 Å². The van der Waals surface area contributed by atoms with E-state index in [2.05, 4.69) is 15.6 Å². The second kappa shape index (κ2) is 5.62. The summed E-state index contributed by atoms with van der Waals surface area (Å²) in [5.74, 6) is -0.312. The highest BCUT2D eigenvalue weighted by atomic mass is 16.2. The first-order chi connectivity index (χ1) is 8.66. The molecule has 0 aliphatic carbocycles. The second-order valence-electron chi connectivity index (χ2n) is 4.52. The van der Waals surface area contributed by atoms with Gasteiger partial charge in [-0.1, -0.05) is 6.07 Å². The zero-order chi connectivity index (χ0) is 13.0. The van der Waals surface area contributed by atoms with Gasteiger partial charge in [0.25, 0.3) is 0 Å². The maximum absolute atomic E-state index is 11.9. The van der Waals surface area contributed by atoms with E-state index in [-0.39, 0.29) is 24.2 Å². The SMILES string of the molecule is Cc1cccnc1CNC(=O)C1CCNC(=O)C1. The lowest BCUT2D eigenvalue weighted by Crippen LogP contribution is -2.41. The maximum Gasteiger partial charge on any atom is 0.224 e. The number of rotatable bonds is 3. The molecule has 2 N–H and O–H groups in total. The Morgan fingerprint density at radius 1 is 1.61 bits per heavy atom. The summed E-state index contributed by atoms with van der Waals surface area (Å²) in [6.07, 6.45) is 2.70. The summed E-state index contributed by atoms with van der Waals surface area (Å²) in [4.78, 5) is 27.3. The molecule has 18 heavy (non-hydrogen) atoms. The smallest absolute Gasteiger partial charge is 0.224 e. The molecule has 1 atom stereocenters. The zero-order valence-electron chi connectivity index (χ0n) is 10.4. The molecule has 96 valence electrons. The highest BCUT2D eigenvalue weighted by molar-refractivity contribution is 5.86. The fourth-order valence-electron chi connectivity index (χ4n) is 2.03. The minimum Gasteiger partial charge on any atom is -0.356 e. The lowest BCUT2D eigenvalue weighted by molar-refractivity contribution is -0.132. The van der Waals surface area contributed by atoms with Crippen LogP contribution in [-0.4, -0.2) is 23.3 Å². The molecular weight excluding hydrogens is 230 g/mol. The van der Waals surface area contributed by atoms with Crippen LogP contribution in [0.4, 0.5) is 0 Å². The molecule has 1 fully saturated rings. The highest BCUT2D eigenvalue weighted by Crippen LogP contribution is 2.13. The van der Waals surface area contributed by atoms with Crippen LogP contribution in [0.3, 0.4) is 0 Å². The average Bonchev–Trinajstić information content (AvgIpc) is 2.37. The van der Waals surface area contributed by atoms with E-state index in [4.69, 9.17) is 0 Å². The van der Waals surface area contributed by atoms with Crippen LogP contribution in [0.15, 0.2) is 18.3 Å². The van der Waals surface area contributed by atoms with E-state index in [1.54, 1.807) is 6.20 Å². The van der Waals surface area contributed by atoms with E-state index in [0.29, 0.717) is 19.5 Å². The Morgan fingerprint density at radius 3 is 3.17 bits per heavy atom. The van der Waals surface area contributed by atoms with Gasteiger partial charge < -0.3 is 10.6 Å². The van der Waals surface area contributed by atoms with Gasteiger partial charge in [0.1, 0.15) is 0 Å². The van der Waals surface area contributed by atoms with Gasteiger partial charge >= 0.3 is 0 Å². The largest absolute Gasteiger partial charge is 0.356 e. The Morgan fingerprint density at radius 2 is 2.44 bits per heavy atom. The number of pyridine rings is 1. The topological polar surface area (TPSA) is 71.1 Å². The lowest BCUT2D eigenvalue weighted by Gasteiger charge is -2.21. The van der Waals surface area contributed by atoms with Crippen molar-refractivity contribution >= 4 is 11.8 Å². The van der Waals surface area contributed by atoms with Crippen molar-refractivity contribution in [1.29, 1.82) is 0 Å². The van der Waals surface area contributed by atoms with Crippen LogP contribution in [0.1, 0.15) is 24.1 Å². The first-order valence-corrected chi connectivity index (χ1v) is 6.11. The van der Waals surface area contributed by atoms with Crippen molar-refractivity contribution in [2.75, 3.05) is 6.54 Å². The molecule has 1 aliphatic heterocycles. The van der Waals surface area contributed by atoms with Crippen LogP contribution in [-0.2, 0) is 16.1 Å². The van der Waals surface area contributed by atoms with Crippen LogP contribution in [0.5, 0.6) is 0 Å². The van der Waals surface area contributed by atoms with E-state index in [1.807, 2.05) is 19.1 Å². The highest BCUT2D eigenvalue weighted by Gasteiger charge is 2.25. The third kappa shape index (κ3) is 3.06. The summed E-state index contributed by atoms with van der Waals surface area (Å²) in [7, 11) is 0. The van der Waals surface area contributed by atoms with Crippen molar-refractivity contribution in [2.45, 2.75) is 26.3 Å². The number of piperidine rings is 1. The number of nitrogens with one attached hydrogen (secondary N) is 2. The molecule has 0 aromatic carbocycles. The minimum absolute atomic E-state index is 0.0459. The predicted molar refractivity (Wildman–Crippen MR) is 66.6 cm³/mol. The first-order valence-electron chi connectivity index (χ1n) is 6.11. The normalized spacial score (nSPS) is 19.2. The fourth-order valence-corrected chi connectivity index (χ4v) is 2.03. The molecule has 0 spiro atoms. The van der Waals surface area contributed by atoms with E-state index in [1.165, 1.54) is 0 Å². The van der Waals surface area contributed by atoms with E-state index < -0.39 is 0 Å². The second-order valence-corrected chi connectivity index (χ2v) is 4.52. The van der Waals surface area contributed by atoms with Crippen molar-refractivity contribution in [2.24, 2.45) is 5.92 Å². The van der Waals surface area contributed by atoms with Crippen molar-refractivity contribution in [3.8, 4) is 0 Å². The Kier molecular flexibility index (Phi) is 3.92. The summed E-state index contributed by atoms with van der Waals surface area (Å²) in [5.41, 5.74) is 1.92. The quantitative estimate of drug-likeness (QED) is 0.818. The van der Waals surface area contributed by atoms with Crippen molar-refractivity contribution in [3.63, 3.8) is 0 Å². The minimum atomic E-state index is -0.206. The molecule has 0 bridgehead atoms. The van der Waals surface area contributed by atoms with Gasteiger partial charge in [-0.2, -0.15) is 0 Å². The summed E-state index contributed by atoms with van der Waals surface area (Å²) < 4.78 is 0. The Labute approximate surface area is 106 Å². The van der Waals surface area contributed by atoms with Gasteiger partial charge in [0.2, 0.25) is 11.8 Å². The molecule has 0 saturated carbocycles. The van der Waals surface area contributed by atoms with Gasteiger partial charge in [-0.25, -0.2) is 0 Å². The summed E-state index contributed by atoms with van der Waals surface area (Å²) >= 11 is 0. The maximum atomic E-state index is 11.9.